The van der Waals surface area contributed by atoms with Crippen molar-refractivity contribution in [3.05, 3.63) is 35.9 Å². The molecule has 0 bridgehead atoms. The normalized spacial score (nSPS) is 21.0. The summed E-state index contributed by atoms with van der Waals surface area (Å²) in [4.78, 5) is 15.6. The maximum atomic E-state index is 11.9. The molecular weight excluding hydrogens is 268 g/mol. The van der Waals surface area contributed by atoms with Gasteiger partial charge in [0.15, 0.2) is 0 Å². The van der Waals surface area contributed by atoms with Crippen LogP contribution >= 0.6 is 0 Å². The molecule has 0 aromatic heterocycles. The van der Waals surface area contributed by atoms with Gasteiger partial charge in [0.05, 0.1) is 25.9 Å². The molecule has 2 unspecified atom stereocenters. The molecule has 2 atom stereocenters. The van der Waals surface area contributed by atoms with Gasteiger partial charge in [-0.15, -0.1) is 0 Å². The molecule has 1 fully saturated rings. The van der Waals surface area contributed by atoms with Crippen molar-refractivity contribution < 1.29 is 14.6 Å². The second kappa shape index (κ2) is 7.54. The molecule has 21 heavy (non-hydrogen) atoms. The number of carbonyl (C=O) groups is 1. The van der Waals surface area contributed by atoms with Crippen LogP contribution in [0.1, 0.15) is 18.1 Å². The van der Waals surface area contributed by atoms with E-state index in [-0.39, 0.29) is 11.9 Å². The van der Waals surface area contributed by atoms with Gasteiger partial charge in [0, 0.05) is 26.7 Å². The second-order valence-electron chi connectivity index (χ2n) is 5.65. The summed E-state index contributed by atoms with van der Waals surface area (Å²) in [5, 5.41) is 10.4. The zero-order valence-electron chi connectivity index (χ0n) is 12.7. The highest BCUT2D eigenvalue weighted by atomic mass is 16.5. The standard InChI is InChI=1S/C16H24N2O3/c1-17(2)16(20)11-18-8-9-21-12-14(18)10-15(19)13-6-4-3-5-7-13/h3-7,14-15,19H,8-12H2,1-2H3. The van der Waals surface area contributed by atoms with Crippen molar-refractivity contribution in [2.75, 3.05) is 40.4 Å². The van der Waals surface area contributed by atoms with Crippen LogP contribution in [0.15, 0.2) is 30.3 Å². The van der Waals surface area contributed by atoms with Crippen molar-refractivity contribution >= 4 is 5.91 Å². The number of morpholine rings is 1. The molecule has 1 heterocycles. The molecule has 1 aliphatic heterocycles. The van der Waals surface area contributed by atoms with E-state index in [2.05, 4.69) is 4.90 Å². The molecular formula is C16H24N2O3. The minimum Gasteiger partial charge on any atom is -0.388 e. The van der Waals surface area contributed by atoms with Crippen LogP contribution in [0.3, 0.4) is 0 Å². The van der Waals surface area contributed by atoms with Gasteiger partial charge in [-0.05, 0) is 12.0 Å². The monoisotopic (exact) mass is 292 g/mol. The van der Waals surface area contributed by atoms with E-state index in [0.29, 0.717) is 26.2 Å². The van der Waals surface area contributed by atoms with Crippen molar-refractivity contribution in [3.63, 3.8) is 0 Å². The third-order valence-electron chi connectivity index (χ3n) is 3.87. The van der Waals surface area contributed by atoms with E-state index < -0.39 is 6.10 Å². The van der Waals surface area contributed by atoms with Crippen molar-refractivity contribution in [2.24, 2.45) is 0 Å². The molecule has 0 aliphatic carbocycles. The highest BCUT2D eigenvalue weighted by Crippen LogP contribution is 2.22. The van der Waals surface area contributed by atoms with Gasteiger partial charge in [0.25, 0.3) is 0 Å². The number of aliphatic hydroxyl groups excluding tert-OH is 1. The van der Waals surface area contributed by atoms with Gasteiger partial charge in [-0.2, -0.15) is 0 Å². The van der Waals surface area contributed by atoms with Gasteiger partial charge in [-0.25, -0.2) is 0 Å². The molecule has 0 saturated carbocycles. The summed E-state index contributed by atoms with van der Waals surface area (Å²) in [7, 11) is 3.52. The molecule has 5 heteroatoms. The number of hydrogen-bond donors (Lipinski definition) is 1. The fourth-order valence-corrected chi connectivity index (χ4v) is 2.50. The Hall–Kier alpha value is -1.43. The van der Waals surface area contributed by atoms with Crippen molar-refractivity contribution in [2.45, 2.75) is 18.6 Å². The quantitative estimate of drug-likeness (QED) is 0.876. The molecule has 2 rings (SSSR count). The van der Waals surface area contributed by atoms with Crippen LogP contribution in [-0.2, 0) is 9.53 Å². The third-order valence-corrected chi connectivity index (χ3v) is 3.87. The first-order chi connectivity index (χ1) is 10.1. The molecule has 1 N–H and O–H groups in total. The zero-order valence-corrected chi connectivity index (χ0v) is 12.7. The Morgan fingerprint density at radius 1 is 1.43 bits per heavy atom. The Labute approximate surface area is 126 Å². The van der Waals surface area contributed by atoms with E-state index in [1.807, 2.05) is 30.3 Å². The first-order valence-corrected chi connectivity index (χ1v) is 7.33. The molecule has 1 aliphatic rings. The van der Waals surface area contributed by atoms with Crippen molar-refractivity contribution in [1.82, 2.24) is 9.80 Å². The van der Waals surface area contributed by atoms with E-state index in [4.69, 9.17) is 4.74 Å². The fraction of sp³-hybridized carbons (Fsp3) is 0.562. The Kier molecular flexibility index (Phi) is 5.73. The van der Waals surface area contributed by atoms with Crippen molar-refractivity contribution in [1.29, 1.82) is 0 Å². The number of benzene rings is 1. The summed E-state index contributed by atoms with van der Waals surface area (Å²) in [5.74, 6) is 0.0797. The lowest BCUT2D eigenvalue weighted by Gasteiger charge is -2.36. The maximum absolute atomic E-state index is 11.9. The molecule has 1 aromatic rings. The lowest BCUT2D eigenvalue weighted by atomic mass is 10.0. The maximum Gasteiger partial charge on any atom is 0.236 e. The largest absolute Gasteiger partial charge is 0.388 e. The molecule has 1 amide bonds. The minimum atomic E-state index is -0.533. The lowest BCUT2D eigenvalue weighted by molar-refractivity contribution is -0.132. The number of amides is 1. The van der Waals surface area contributed by atoms with Crippen LogP contribution in [0.4, 0.5) is 0 Å². The summed E-state index contributed by atoms with van der Waals surface area (Å²) in [6.07, 6.45) is 0.0416. The highest BCUT2D eigenvalue weighted by Gasteiger charge is 2.27. The Morgan fingerprint density at radius 3 is 2.81 bits per heavy atom. The number of ether oxygens (including phenoxy) is 1. The van der Waals surface area contributed by atoms with Crippen LogP contribution in [0.25, 0.3) is 0 Å². The number of hydrogen-bond acceptors (Lipinski definition) is 4. The number of likely N-dealkylation sites (N-methyl/N-ethyl adjacent to an activating group) is 1. The Bertz CT molecular complexity index is 450. The summed E-state index contributed by atoms with van der Waals surface area (Å²) < 4.78 is 5.51. The summed E-state index contributed by atoms with van der Waals surface area (Å²) >= 11 is 0. The van der Waals surface area contributed by atoms with E-state index in [1.165, 1.54) is 0 Å². The highest BCUT2D eigenvalue weighted by molar-refractivity contribution is 5.77. The molecule has 1 saturated heterocycles. The smallest absolute Gasteiger partial charge is 0.236 e. The number of rotatable bonds is 5. The average molecular weight is 292 g/mol. The van der Waals surface area contributed by atoms with E-state index in [0.717, 1.165) is 12.1 Å². The molecule has 0 radical (unpaired) electrons. The molecule has 1 aromatic carbocycles. The van der Waals surface area contributed by atoms with E-state index in [1.54, 1.807) is 19.0 Å². The Balaban J connectivity index is 1.97. The average Bonchev–Trinajstić information content (AvgIpc) is 2.50. The summed E-state index contributed by atoms with van der Waals surface area (Å²) in [6, 6.07) is 9.68. The zero-order chi connectivity index (χ0) is 15.2. The van der Waals surface area contributed by atoms with Gasteiger partial charge in [0.1, 0.15) is 0 Å². The van der Waals surface area contributed by atoms with Gasteiger partial charge in [-0.3, -0.25) is 9.69 Å². The predicted molar refractivity (Wildman–Crippen MR) is 80.9 cm³/mol. The van der Waals surface area contributed by atoms with Gasteiger partial charge in [0.2, 0.25) is 5.91 Å². The van der Waals surface area contributed by atoms with Crippen LogP contribution < -0.4 is 0 Å². The Morgan fingerprint density at radius 2 is 2.14 bits per heavy atom. The fourth-order valence-electron chi connectivity index (χ4n) is 2.50. The van der Waals surface area contributed by atoms with Gasteiger partial charge < -0.3 is 14.7 Å². The second-order valence-corrected chi connectivity index (χ2v) is 5.65. The summed E-state index contributed by atoms with van der Waals surface area (Å²) in [5.41, 5.74) is 0.905. The SMILES string of the molecule is CN(C)C(=O)CN1CCOCC1CC(O)c1ccccc1. The minimum absolute atomic E-state index is 0.0675. The topological polar surface area (TPSA) is 53.0 Å². The molecule has 116 valence electrons. The van der Waals surface area contributed by atoms with Gasteiger partial charge in [-0.1, -0.05) is 30.3 Å². The third kappa shape index (κ3) is 4.52. The molecule has 5 nitrogen and oxygen atoms in total. The first kappa shape index (κ1) is 15.9. The lowest BCUT2D eigenvalue weighted by Crippen LogP contribution is -2.50. The first-order valence-electron chi connectivity index (χ1n) is 7.33. The van der Waals surface area contributed by atoms with E-state index in [9.17, 15) is 9.90 Å². The van der Waals surface area contributed by atoms with Gasteiger partial charge >= 0.3 is 0 Å². The summed E-state index contributed by atoms with van der Waals surface area (Å²) in [6.45, 7) is 2.30. The number of carbonyl (C=O) groups excluding carboxylic acids is 1. The van der Waals surface area contributed by atoms with Crippen LogP contribution in [0, 0.1) is 0 Å². The number of aliphatic hydroxyl groups is 1. The number of nitrogens with zero attached hydrogens (tertiary/aromatic N) is 2. The van der Waals surface area contributed by atoms with Crippen LogP contribution in [-0.4, -0.2) is 67.3 Å². The van der Waals surface area contributed by atoms with Crippen LogP contribution in [0.2, 0.25) is 0 Å². The predicted octanol–water partition coefficient (Wildman–Crippen LogP) is 0.899. The van der Waals surface area contributed by atoms with Crippen LogP contribution in [0.5, 0.6) is 0 Å². The van der Waals surface area contributed by atoms with E-state index >= 15 is 0 Å². The van der Waals surface area contributed by atoms with Crippen molar-refractivity contribution in [3.8, 4) is 0 Å². The molecule has 0 spiro atoms.